The number of hydrogen-bond acceptors (Lipinski definition) is 5. The van der Waals surface area contributed by atoms with Crippen LogP contribution >= 0.6 is 0 Å². The Bertz CT molecular complexity index is 448. The summed E-state index contributed by atoms with van der Waals surface area (Å²) in [6.45, 7) is 5.13. The van der Waals surface area contributed by atoms with Gasteiger partial charge in [0.05, 0.1) is 0 Å². The van der Waals surface area contributed by atoms with E-state index in [1.54, 1.807) is 6.07 Å². The minimum absolute atomic E-state index is 0.0404. The number of nitrogens with two attached hydrogens (primary N) is 1. The predicted molar refractivity (Wildman–Crippen MR) is 71.1 cm³/mol. The van der Waals surface area contributed by atoms with Crippen molar-refractivity contribution >= 4 is 11.7 Å². The molecule has 98 valence electrons. The highest BCUT2D eigenvalue weighted by molar-refractivity contribution is 5.95. The predicted octanol–water partition coefficient (Wildman–Crippen LogP) is 0.316. The quantitative estimate of drug-likeness (QED) is 0.341. The maximum atomic E-state index is 8.68. The van der Waals surface area contributed by atoms with Crippen molar-refractivity contribution in [3.05, 3.63) is 23.9 Å². The van der Waals surface area contributed by atoms with Gasteiger partial charge in [-0.05, 0) is 26.1 Å². The molecule has 0 spiro atoms. The number of oxime groups is 1. The van der Waals surface area contributed by atoms with Gasteiger partial charge in [0.2, 0.25) is 0 Å². The number of aromatic nitrogens is 1. The molecule has 2 rings (SSSR count). The fourth-order valence-corrected chi connectivity index (χ4v) is 2.26. The number of likely N-dealkylation sites (N-methyl/N-ethyl adjacent to an activating group) is 1. The molecule has 1 aliphatic heterocycles. The number of hydrogen-bond donors (Lipinski definition) is 2. The molecule has 2 heterocycles. The Labute approximate surface area is 107 Å². The van der Waals surface area contributed by atoms with E-state index in [0.29, 0.717) is 11.7 Å². The van der Waals surface area contributed by atoms with Gasteiger partial charge in [-0.25, -0.2) is 4.98 Å². The Morgan fingerprint density at radius 1 is 1.50 bits per heavy atom. The lowest BCUT2D eigenvalue weighted by Gasteiger charge is -2.39. The van der Waals surface area contributed by atoms with Crippen molar-refractivity contribution < 1.29 is 5.21 Å². The molecule has 0 saturated carbocycles. The molecule has 6 heteroatoms. The van der Waals surface area contributed by atoms with E-state index in [2.05, 4.69) is 33.9 Å². The lowest BCUT2D eigenvalue weighted by molar-refractivity contribution is 0.274. The van der Waals surface area contributed by atoms with Crippen LogP contribution in [0.4, 0.5) is 5.82 Å². The van der Waals surface area contributed by atoms with Gasteiger partial charge in [0.1, 0.15) is 11.5 Å². The molecule has 0 bridgehead atoms. The van der Waals surface area contributed by atoms with Crippen LogP contribution in [0.5, 0.6) is 0 Å². The molecular weight excluding hydrogens is 230 g/mol. The molecule has 6 nitrogen and oxygen atoms in total. The minimum Gasteiger partial charge on any atom is -0.409 e. The lowest BCUT2D eigenvalue weighted by Crippen LogP contribution is -2.50. The minimum atomic E-state index is 0.0404. The van der Waals surface area contributed by atoms with E-state index in [0.717, 1.165) is 25.5 Å². The van der Waals surface area contributed by atoms with Crippen LogP contribution < -0.4 is 10.6 Å². The largest absolute Gasteiger partial charge is 0.409 e. The van der Waals surface area contributed by atoms with Crippen LogP contribution in [0, 0.1) is 0 Å². The monoisotopic (exact) mass is 249 g/mol. The topological polar surface area (TPSA) is 78.0 Å². The first-order chi connectivity index (χ1) is 8.61. The van der Waals surface area contributed by atoms with Crippen LogP contribution in [0.2, 0.25) is 0 Å². The number of amidine groups is 1. The van der Waals surface area contributed by atoms with E-state index < -0.39 is 0 Å². The molecular formula is C12H19N5O. The van der Waals surface area contributed by atoms with E-state index in [9.17, 15) is 0 Å². The van der Waals surface area contributed by atoms with Gasteiger partial charge in [0.15, 0.2) is 5.84 Å². The summed E-state index contributed by atoms with van der Waals surface area (Å²) >= 11 is 0. The van der Waals surface area contributed by atoms with E-state index in [4.69, 9.17) is 10.9 Å². The molecule has 1 aromatic heterocycles. The lowest BCUT2D eigenvalue weighted by atomic mass is 10.2. The number of pyridine rings is 1. The molecule has 1 fully saturated rings. The average Bonchev–Trinajstić information content (AvgIpc) is 2.38. The number of rotatable bonds is 2. The Kier molecular flexibility index (Phi) is 3.66. The highest BCUT2D eigenvalue weighted by Crippen LogP contribution is 2.18. The van der Waals surface area contributed by atoms with Crippen LogP contribution in [0.1, 0.15) is 12.6 Å². The van der Waals surface area contributed by atoms with Crippen molar-refractivity contribution in [1.29, 1.82) is 0 Å². The van der Waals surface area contributed by atoms with Crippen molar-refractivity contribution in [3.63, 3.8) is 0 Å². The summed E-state index contributed by atoms with van der Waals surface area (Å²) in [4.78, 5) is 8.98. The van der Waals surface area contributed by atoms with Crippen molar-refractivity contribution in [2.24, 2.45) is 10.9 Å². The molecule has 1 atom stereocenters. The maximum Gasteiger partial charge on any atom is 0.188 e. The smallest absolute Gasteiger partial charge is 0.188 e. The third kappa shape index (κ3) is 2.53. The van der Waals surface area contributed by atoms with Crippen molar-refractivity contribution in [1.82, 2.24) is 9.88 Å². The van der Waals surface area contributed by atoms with E-state index in [1.165, 1.54) is 0 Å². The average molecular weight is 249 g/mol. The third-order valence-electron chi connectivity index (χ3n) is 3.23. The fourth-order valence-electron chi connectivity index (χ4n) is 2.26. The van der Waals surface area contributed by atoms with Crippen molar-refractivity contribution in [2.75, 3.05) is 31.6 Å². The highest BCUT2D eigenvalue weighted by Gasteiger charge is 2.22. The van der Waals surface area contributed by atoms with Gasteiger partial charge in [0, 0.05) is 25.7 Å². The number of nitrogens with zero attached hydrogens (tertiary/aromatic N) is 4. The van der Waals surface area contributed by atoms with Crippen LogP contribution in [0.25, 0.3) is 0 Å². The molecule has 0 unspecified atom stereocenters. The van der Waals surface area contributed by atoms with Crippen LogP contribution in [0.3, 0.4) is 0 Å². The Morgan fingerprint density at radius 2 is 2.28 bits per heavy atom. The summed E-state index contributed by atoms with van der Waals surface area (Å²) < 4.78 is 0. The second-order valence-electron chi connectivity index (χ2n) is 4.67. The maximum absolute atomic E-state index is 8.68. The SMILES string of the molecule is C[C@H]1CN(C)CCN1c1cccc(/C(N)=N/O)n1. The second kappa shape index (κ2) is 5.22. The van der Waals surface area contributed by atoms with Gasteiger partial charge >= 0.3 is 0 Å². The number of piperazine rings is 1. The van der Waals surface area contributed by atoms with Gasteiger partial charge in [-0.15, -0.1) is 0 Å². The summed E-state index contributed by atoms with van der Waals surface area (Å²) in [5, 5.41) is 11.7. The van der Waals surface area contributed by atoms with Gasteiger partial charge in [-0.2, -0.15) is 0 Å². The second-order valence-corrected chi connectivity index (χ2v) is 4.67. The Hall–Kier alpha value is -1.82. The normalized spacial score (nSPS) is 22.2. The molecule has 0 amide bonds. The van der Waals surface area contributed by atoms with Gasteiger partial charge in [-0.1, -0.05) is 11.2 Å². The molecule has 3 N–H and O–H groups in total. The zero-order valence-corrected chi connectivity index (χ0v) is 10.7. The summed E-state index contributed by atoms with van der Waals surface area (Å²) in [5.74, 6) is 0.915. The first-order valence-corrected chi connectivity index (χ1v) is 6.02. The van der Waals surface area contributed by atoms with E-state index in [-0.39, 0.29) is 5.84 Å². The molecule has 1 aliphatic rings. The van der Waals surface area contributed by atoms with E-state index >= 15 is 0 Å². The highest BCUT2D eigenvalue weighted by atomic mass is 16.4. The molecule has 18 heavy (non-hydrogen) atoms. The van der Waals surface area contributed by atoms with Crippen LogP contribution in [-0.4, -0.2) is 53.7 Å². The van der Waals surface area contributed by atoms with Gasteiger partial charge in [0.25, 0.3) is 0 Å². The third-order valence-corrected chi connectivity index (χ3v) is 3.23. The molecule has 0 radical (unpaired) electrons. The first-order valence-electron chi connectivity index (χ1n) is 6.02. The molecule has 1 saturated heterocycles. The van der Waals surface area contributed by atoms with Crippen molar-refractivity contribution in [3.8, 4) is 0 Å². The molecule has 1 aromatic rings. The Morgan fingerprint density at radius 3 is 2.94 bits per heavy atom. The van der Waals surface area contributed by atoms with Gasteiger partial charge in [-0.3, -0.25) is 0 Å². The van der Waals surface area contributed by atoms with E-state index in [1.807, 2.05) is 12.1 Å². The molecule has 0 aromatic carbocycles. The Balaban J connectivity index is 2.23. The summed E-state index contributed by atoms with van der Waals surface area (Å²) in [7, 11) is 2.12. The summed E-state index contributed by atoms with van der Waals surface area (Å²) in [6.07, 6.45) is 0. The van der Waals surface area contributed by atoms with Crippen LogP contribution in [-0.2, 0) is 0 Å². The standard InChI is InChI=1S/C12H19N5O/c1-9-8-16(2)6-7-17(9)11-5-3-4-10(14-11)12(13)15-18/h3-5,9,18H,6-8H2,1-2H3,(H2,13,15)/t9-/m0/s1. The fraction of sp³-hybridized carbons (Fsp3) is 0.500. The van der Waals surface area contributed by atoms with Crippen LogP contribution in [0.15, 0.2) is 23.4 Å². The van der Waals surface area contributed by atoms with Gasteiger partial charge < -0.3 is 20.7 Å². The van der Waals surface area contributed by atoms with Crippen molar-refractivity contribution in [2.45, 2.75) is 13.0 Å². The molecule has 0 aliphatic carbocycles. The number of anilines is 1. The summed E-state index contributed by atoms with van der Waals surface area (Å²) in [5.41, 5.74) is 6.06. The zero-order valence-electron chi connectivity index (χ0n) is 10.7. The summed E-state index contributed by atoms with van der Waals surface area (Å²) in [6, 6.07) is 5.97. The zero-order chi connectivity index (χ0) is 13.1. The first kappa shape index (κ1) is 12.6.